The van der Waals surface area contributed by atoms with E-state index in [0.29, 0.717) is 5.57 Å². The minimum absolute atomic E-state index is 0.0139. The lowest BCUT2D eigenvalue weighted by Crippen LogP contribution is -2.08. The van der Waals surface area contributed by atoms with E-state index in [1.54, 1.807) is 6.07 Å². The molecule has 0 unspecified atom stereocenters. The topological polar surface area (TPSA) is 47.6 Å². The van der Waals surface area contributed by atoms with Gasteiger partial charge in [0.25, 0.3) is 0 Å². The van der Waals surface area contributed by atoms with Crippen molar-refractivity contribution in [3.05, 3.63) is 10.6 Å². The van der Waals surface area contributed by atoms with Crippen molar-refractivity contribution in [1.29, 1.82) is 10.5 Å². The third kappa shape index (κ3) is 2.62. The van der Waals surface area contributed by atoms with Crippen molar-refractivity contribution >= 4 is 11.6 Å². The van der Waals surface area contributed by atoms with Gasteiger partial charge in [0.2, 0.25) is 0 Å². The Hall–Kier alpha value is -0.990. The summed E-state index contributed by atoms with van der Waals surface area (Å²) >= 11 is 5.51. The lowest BCUT2D eigenvalue weighted by Gasteiger charge is -2.16. The van der Waals surface area contributed by atoms with Gasteiger partial charge in [0.05, 0.1) is 11.6 Å². The van der Waals surface area contributed by atoms with E-state index >= 15 is 0 Å². The number of nitriles is 2. The Morgan fingerprint density at radius 1 is 1.18 bits per heavy atom. The molecule has 3 heteroatoms. The van der Waals surface area contributed by atoms with Crippen LogP contribution in [0.15, 0.2) is 10.6 Å². The molecule has 0 spiro atoms. The highest BCUT2D eigenvalue weighted by atomic mass is 35.5. The third-order valence-electron chi connectivity index (χ3n) is 1.18. The minimum Gasteiger partial charge on any atom is -0.193 e. The van der Waals surface area contributed by atoms with Crippen molar-refractivity contribution < 1.29 is 0 Å². The normalized spacial score (nSPS) is 12.9. The summed E-state index contributed by atoms with van der Waals surface area (Å²) in [6.45, 7) is 5.52. The maximum absolute atomic E-state index is 8.62. The summed E-state index contributed by atoms with van der Waals surface area (Å²) in [6, 6.07) is 3.66. The lowest BCUT2D eigenvalue weighted by molar-refractivity contribution is 0.519. The monoisotopic (exact) mass is 168 g/mol. The van der Waals surface area contributed by atoms with Gasteiger partial charge in [-0.3, -0.25) is 0 Å². The van der Waals surface area contributed by atoms with E-state index in [2.05, 4.69) is 0 Å². The molecule has 0 radical (unpaired) electrons. The van der Waals surface area contributed by atoms with Crippen molar-refractivity contribution in [2.75, 3.05) is 0 Å². The van der Waals surface area contributed by atoms with Gasteiger partial charge in [0, 0.05) is 0 Å². The van der Waals surface area contributed by atoms with E-state index in [9.17, 15) is 0 Å². The third-order valence-corrected chi connectivity index (χ3v) is 1.45. The molecule has 0 aliphatic rings. The van der Waals surface area contributed by atoms with Crippen molar-refractivity contribution in [2.24, 2.45) is 5.41 Å². The molecule has 0 N–H and O–H groups in total. The van der Waals surface area contributed by atoms with Gasteiger partial charge in [-0.1, -0.05) is 32.4 Å². The van der Waals surface area contributed by atoms with Crippen LogP contribution in [0, 0.1) is 28.1 Å². The first-order valence-electron chi connectivity index (χ1n) is 3.14. The highest BCUT2D eigenvalue weighted by molar-refractivity contribution is 6.32. The molecule has 0 rings (SSSR count). The van der Waals surface area contributed by atoms with Gasteiger partial charge >= 0.3 is 0 Å². The molecule has 0 atom stereocenters. The molecule has 0 saturated carbocycles. The molecule has 0 aromatic heterocycles. The number of hydrogen-bond donors (Lipinski definition) is 0. The summed E-state index contributed by atoms with van der Waals surface area (Å²) in [5.74, 6) is 0. The Kier molecular flexibility index (Phi) is 3.11. The first-order valence-corrected chi connectivity index (χ1v) is 3.51. The SMILES string of the molecule is CC(C)(C)C(C#N)=C(Cl)C#N. The molecule has 0 aliphatic carbocycles. The summed E-state index contributed by atoms with van der Waals surface area (Å²) in [5.41, 5.74) is -0.0108. The second-order valence-electron chi connectivity index (χ2n) is 3.16. The fourth-order valence-corrected chi connectivity index (χ4v) is 0.928. The first kappa shape index (κ1) is 10.0. The maximum atomic E-state index is 8.62. The molecule has 0 aromatic carbocycles. The lowest BCUT2D eigenvalue weighted by atomic mass is 9.87. The molecule has 0 amide bonds. The van der Waals surface area contributed by atoms with Gasteiger partial charge in [0.1, 0.15) is 11.1 Å². The fourth-order valence-electron chi connectivity index (χ4n) is 0.602. The second kappa shape index (κ2) is 3.42. The summed E-state index contributed by atoms with van der Waals surface area (Å²) in [5, 5.41) is 17.0. The van der Waals surface area contributed by atoms with Crippen LogP contribution in [0.2, 0.25) is 0 Å². The van der Waals surface area contributed by atoms with E-state index in [1.807, 2.05) is 26.8 Å². The summed E-state index contributed by atoms with van der Waals surface area (Å²) < 4.78 is 0. The predicted octanol–water partition coefficient (Wildman–Crippen LogP) is 2.57. The Morgan fingerprint density at radius 2 is 1.64 bits per heavy atom. The van der Waals surface area contributed by atoms with Gasteiger partial charge in [0.15, 0.2) is 0 Å². The number of nitrogens with zero attached hydrogens (tertiary/aromatic N) is 2. The zero-order valence-electron chi connectivity index (χ0n) is 6.77. The van der Waals surface area contributed by atoms with Crippen LogP contribution in [0.4, 0.5) is 0 Å². The molecule has 0 aliphatic heterocycles. The van der Waals surface area contributed by atoms with Crippen LogP contribution >= 0.6 is 11.6 Å². The zero-order valence-corrected chi connectivity index (χ0v) is 7.53. The molecule has 0 fully saturated rings. The van der Waals surface area contributed by atoms with Gasteiger partial charge in [-0.05, 0) is 5.41 Å². The van der Waals surface area contributed by atoms with Gasteiger partial charge < -0.3 is 0 Å². The maximum Gasteiger partial charge on any atom is 0.132 e. The van der Waals surface area contributed by atoms with Crippen LogP contribution < -0.4 is 0 Å². The summed E-state index contributed by atoms with van der Waals surface area (Å²) in [4.78, 5) is 0. The Balaban J connectivity index is 5.06. The molecule has 0 aromatic rings. The van der Waals surface area contributed by atoms with Gasteiger partial charge in [-0.15, -0.1) is 0 Å². The van der Waals surface area contributed by atoms with Crippen LogP contribution in [0.3, 0.4) is 0 Å². The predicted molar refractivity (Wildman–Crippen MR) is 43.6 cm³/mol. The molecular weight excluding hydrogens is 160 g/mol. The Morgan fingerprint density at radius 3 is 1.73 bits per heavy atom. The van der Waals surface area contributed by atoms with E-state index in [-0.39, 0.29) is 10.4 Å². The fraction of sp³-hybridized carbons (Fsp3) is 0.500. The molecule has 11 heavy (non-hydrogen) atoms. The number of hydrogen-bond acceptors (Lipinski definition) is 2. The molecule has 58 valence electrons. The molecule has 2 nitrogen and oxygen atoms in total. The average molecular weight is 169 g/mol. The highest BCUT2D eigenvalue weighted by Gasteiger charge is 2.20. The number of halogens is 1. The van der Waals surface area contributed by atoms with Crippen LogP contribution in [0.25, 0.3) is 0 Å². The largest absolute Gasteiger partial charge is 0.193 e. The van der Waals surface area contributed by atoms with Gasteiger partial charge in [-0.25, -0.2) is 0 Å². The highest BCUT2D eigenvalue weighted by Crippen LogP contribution is 2.28. The van der Waals surface area contributed by atoms with E-state index in [1.165, 1.54) is 0 Å². The smallest absolute Gasteiger partial charge is 0.132 e. The number of allylic oxidation sites excluding steroid dienone is 2. The van der Waals surface area contributed by atoms with Crippen molar-refractivity contribution in [2.45, 2.75) is 20.8 Å². The number of rotatable bonds is 0. The van der Waals surface area contributed by atoms with Crippen molar-refractivity contribution in [3.63, 3.8) is 0 Å². The second-order valence-corrected chi connectivity index (χ2v) is 3.54. The summed E-state index contributed by atoms with van der Waals surface area (Å²) in [7, 11) is 0. The van der Waals surface area contributed by atoms with Crippen molar-refractivity contribution in [1.82, 2.24) is 0 Å². The Bertz CT molecular complexity index is 257. The molecule has 0 heterocycles. The first-order chi connectivity index (χ1) is 4.93. The average Bonchev–Trinajstić information content (AvgIpc) is 1.86. The van der Waals surface area contributed by atoms with Gasteiger partial charge in [-0.2, -0.15) is 10.5 Å². The molecule has 0 bridgehead atoms. The minimum atomic E-state index is -0.346. The zero-order chi connectivity index (χ0) is 9.07. The quantitative estimate of drug-likeness (QED) is 0.522. The van der Waals surface area contributed by atoms with Crippen LogP contribution in [0.1, 0.15) is 20.8 Å². The molecule has 0 saturated heterocycles. The van der Waals surface area contributed by atoms with Crippen molar-refractivity contribution in [3.8, 4) is 12.1 Å². The van der Waals surface area contributed by atoms with Crippen LogP contribution in [-0.4, -0.2) is 0 Å². The standard InChI is InChI=1S/C8H9ClN2/c1-8(2,3)6(4-10)7(9)5-11/h1-3H3. The van der Waals surface area contributed by atoms with E-state index < -0.39 is 0 Å². The summed E-state index contributed by atoms with van der Waals surface area (Å²) in [6.07, 6.45) is 0. The van der Waals surface area contributed by atoms with E-state index in [0.717, 1.165) is 0 Å². The van der Waals surface area contributed by atoms with Crippen LogP contribution in [0.5, 0.6) is 0 Å². The van der Waals surface area contributed by atoms with E-state index in [4.69, 9.17) is 22.1 Å². The molecular formula is C8H9ClN2. The van der Waals surface area contributed by atoms with Crippen LogP contribution in [-0.2, 0) is 0 Å². The Labute approximate surface area is 71.7 Å².